The maximum atomic E-state index is 13.3. The van der Waals surface area contributed by atoms with Crippen molar-refractivity contribution in [2.75, 3.05) is 33.4 Å². The van der Waals surface area contributed by atoms with Gasteiger partial charge in [-0.05, 0) is 62.1 Å². The van der Waals surface area contributed by atoms with Crippen LogP contribution >= 0.6 is 0 Å². The Kier molecular flexibility index (Phi) is 7.92. The van der Waals surface area contributed by atoms with Gasteiger partial charge in [-0.25, -0.2) is 0 Å². The third-order valence-corrected chi connectivity index (χ3v) is 6.07. The van der Waals surface area contributed by atoms with E-state index < -0.39 is 6.10 Å². The molecule has 1 aliphatic heterocycles. The molecular weight excluding hydrogens is 366 g/mol. The first-order valence-corrected chi connectivity index (χ1v) is 11.1. The summed E-state index contributed by atoms with van der Waals surface area (Å²) in [7, 11) is 1.75. The highest BCUT2D eigenvalue weighted by Crippen LogP contribution is 2.36. The molecule has 1 aromatic rings. The molecule has 3 rings (SSSR count). The molecular formula is C23H37N3O3. The van der Waals surface area contributed by atoms with Crippen LogP contribution in [0.25, 0.3) is 6.08 Å². The molecule has 0 aromatic carbocycles. The van der Waals surface area contributed by atoms with Crippen molar-refractivity contribution in [1.82, 2.24) is 9.47 Å². The van der Waals surface area contributed by atoms with Gasteiger partial charge in [-0.15, -0.1) is 0 Å². The fourth-order valence-corrected chi connectivity index (χ4v) is 4.48. The molecule has 1 amide bonds. The Morgan fingerprint density at radius 3 is 2.72 bits per heavy atom. The van der Waals surface area contributed by atoms with E-state index >= 15 is 0 Å². The maximum Gasteiger partial charge on any atom is 0.252 e. The number of amides is 1. The predicted molar refractivity (Wildman–Crippen MR) is 116 cm³/mol. The van der Waals surface area contributed by atoms with Crippen LogP contribution in [0.4, 0.5) is 0 Å². The summed E-state index contributed by atoms with van der Waals surface area (Å²) in [6.07, 6.45) is 11.1. The molecule has 0 spiro atoms. The molecule has 2 N–H and O–H groups in total. The number of ether oxygens (including phenoxy) is 2. The lowest BCUT2D eigenvalue weighted by molar-refractivity contribution is -0.144. The number of rotatable bonds is 9. The number of aromatic nitrogens is 1. The molecule has 1 unspecified atom stereocenters. The van der Waals surface area contributed by atoms with E-state index in [0.29, 0.717) is 32.2 Å². The van der Waals surface area contributed by atoms with E-state index in [0.717, 1.165) is 38.8 Å². The monoisotopic (exact) mass is 403 g/mol. The molecule has 1 fully saturated rings. The minimum Gasteiger partial charge on any atom is -0.385 e. The smallest absolute Gasteiger partial charge is 0.252 e. The first-order valence-electron chi connectivity index (χ1n) is 11.1. The Labute approximate surface area is 175 Å². The lowest BCUT2D eigenvalue weighted by Crippen LogP contribution is -2.43. The first kappa shape index (κ1) is 22.1. The van der Waals surface area contributed by atoms with Crippen molar-refractivity contribution in [3.8, 4) is 0 Å². The molecule has 6 nitrogen and oxygen atoms in total. The number of hydrogen-bond donors (Lipinski definition) is 1. The normalized spacial score (nSPS) is 23.9. The van der Waals surface area contributed by atoms with Crippen molar-refractivity contribution in [1.29, 1.82) is 0 Å². The van der Waals surface area contributed by atoms with Crippen molar-refractivity contribution in [3.05, 3.63) is 29.1 Å². The molecule has 29 heavy (non-hydrogen) atoms. The Morgan fingerprint density at radius 2 is 2.07 bits per heavy atom. The standard InChI is InChI=1S/C23H37N3O3/c1-4-18-15-21(29-14-10-24)23(27)26(19-8-9-19)12-5-7-20-22(18)17(2)16-25(20)11-6-13-28-3/h5,7,16,18-19,21H,4,6,8-15,24H2,1-3H3/b7-5+/t18?,21-/m1/s1. The summed E-state index contributed by atoms with van der Waals surface area (Å²) in [6.45, 7) is 7.57. The predicted octanol–water partition coefficient (Wildman–Crippen LogP) is 3.08. The number of aryl methyl sites for hydroxylation is 2. The third-order valence-electron chi connectivity index (χ3n) is 6.07. The second-order valence-electron chi connectivity index (χ2n) is 8.26. The van der Waals surface area contributed by atoms with Gasteiger partial charge in [-0.3, -0.25) is 4.79 Å². The van der Waals surface area contributed by atoms with Crippen LogP contribution in [0.3, 0.4) is 0 Å². The summed E-state index contributed by atoms with van der Waals surface area (Å²) < 4.78 is 13.6. The number of fused-ring (bicyclic) bond motifs is 1. The maximum absolute atomic E-state index is 13.3. The summed E-state index contributed by atoms with van der Waals surface area (Å²) in [4.78, 5) is 15.3. The van der Waals surface area contributed by atoms with Crippen LogP contribution in [0, 0.1) is 6.92 Å². The van der Waals surface area contributed by atoms with Crippen molar-refractivity contribution < 1.29 is 14.3 Å². The Bertz CT molecular complexity index is 708. The second-order valence-corrected chi connectivity index (χ2v) is 8.26. The van der Waals surface area contributed by atoms with Crippen LogP contribution in [0.15, 0.2) is 12.3 Å². The largest absolute Gasteiger partial charge is 0.385 e. The van der Waals surface area contributed by atoms with Gasteiger partial charge in [0.1, 0.15) is 6.10 Å². The molecule has 162 valence electrons. The zero-order valence-electron chi connectivity index (χ0n) is 18.2. The number of methoxy groups -OCH3 is 1. The van der Waals surface area contributed by atoms with Crippen molar-refractivity contribution >= 4 is 12.0 Å². The highest BCUT2D eigenvalue weighted by Gasteiger charge is 2.37. The molecule has 1 aromatic heterocycles. The summed E-state index contributed by atoms with van der Waals surface area (Å²) in [5.74, 6) is 0.411. The van der Waals surface area contributed by atoms with Crippen LogP contribution in [-0.4, -0.2) is 60.9 Å². The van der Waals surface area contributed by atoms with E-state index in [1.807, 2.05) is 4.90 Å². The van der Waals surface area contributed by atoms with E-state index in [-0.39, 0.29) is 11.8 Å². The van der Waals surface area contributed by atoms with E-state index in [4.69, 9.17) is 15.2 Å². The average Bonchev–Trinajstić information content (AvgIpc) is 3.50. The van der Waals surface area contributed by atoms with Gasteiger partial charge in [0.25, 0.3) is 5.91 Å². The van der Waals surface area contributed by atoms with Crippen molar-refractivity contribution in [2.24, 2.45) is 5.73 Å². The van der Waals surface area contributed by atoms with E-state index in [1.54, 1.807) is 7.11 Å². The molecule has 0 bridgehead atoms. The van der Waals surface area contributed by atoms with Crippen molar-refractivity contribution in [3.63, 3.8) is 0 Å². The fourth-order valence-electron chi connectivity index (χ4n) is 4.48. The van der Waals surface area contributed by atoms with Crippen LogP contribution in [0.5, 0.6) is 0 Å². The van der Waals surface area contributed by atoms with Gasteiger partial charge in [0, 0.05) is 51.3 Å². The summed E-state index contributed by atoms with van der Waals surface area (Å²) in [5, 5.41) is 0. The van der Waals surface area contributed by atoms with Gasteiger partial charge in [0.2, 0.25) is 0 Å². The number of nitrogens with zero attached hydrogens (tertiary/aromatic N) is 2. The quantitative estimate of drug-likeness (QED) is 0.644. The van der Waals surface area contributed by atoms with E-state index in [9.17, 15) is 4.79 Å². The number of nitrogens with two attached hydrogens (primary N) is 1. The number of hydrogen-bond acceptors (Lipinski definition) is 4. The summed E-state index contributed by atoms with van der Waals surface area (Å²) in [5.41, 5.74) is 9.60. The molecule has 1 saturated carbocycles. The topological polar surface area (TPSA) is 69.7 Å². The van der Waals surface area contributed by atoms with Gasteiger partial charge in [-0.2, -0.15) is 0 Å². The molecule has 2 atom stereocenters. The zero-order valence-corrected chi connectivity index (χ0v) is 18.2. The Hall–Kier alpha value is -1.63. The van der Waals surface area contributed by atoms with Gasteiger partial charge in [0.15, 0.2) is 0 Å². The Balaban J connectivity index is 1.95. The molecule has 2 aliphatic rings. The minimum atomic E-state index is -0.417. The van der Waals surface area contributed by atoms with E-state index in [2.05, 4.69) is 36.8 Å². The van der Waals surface area contributed by atoms with Gasteiger partial charge < -0.3 is 24.7 Å². The zero-order chi connectivity index (χ0) is 20.8. The molecule has 0 saturated heterocycles. The highest BCUT2D eigenvalue weighted by molar-refractivity contribution is 5.82. The van der Waals surface area contributed by atoms with Crippen LogP contribution in [0.2, 0.25) is 0 Å². The van der Waals surface area contributed by atoms with E-state index in [1.165, 1.54) is 16.8 Å². The van der Waals surface area contributed by atoms with Crippen LogP contribution in [-0.2, 0) is 20.8 Å². The number of carbonyl (C=O) groups excluding carboxylic acids is 1. The SMILES string of the molecule is CCC1C[C@@H](OCCN)C(=O)N(C2CC2)C/C=C/c2c1c(C)cn2CCCOC. The van der Waals surface area contributed by atoms with Crippen molar-refractivity contribution in [2.45, 2.75) is 70.6 Å². The lowest BCUT2D eigenvalue weighted by atomic mass is 9.87. The van der Waals surface area contributed by atoms with Gasteiger partial charge >= 0.3 is 0 Å². The van der Waals surface area contributed by atoms with Gasteiger partial charge in [-0.1, -0.05) is 13.0 Å². The fraction of sp³-hybridized carbons (Fsp3) is 0.696. The Morgan fingerprint density at radius 1 is 1.28 bits per heavy atom. The van der Waals surface area contributed by atoms with Crippen LogP contribution < -0.4 is 5.73 Å². The molecule has 2 heterocycles. The summed E-state index contributed by atoms with van der Waals surface area (Å²) in [6, 6.07) is 0.366. The third kappa shape index (κ3) is 5.30. The summed E-state index contributed by atoms with van der Waals surface area (Å²) >= 11 is 0. The molecule has 0 radical (unpaired) electrons. The minimum absolute atomic E-state index is 0.129. The highest BCUT2D eigenvalue weighted by atomic mass is 16.5. The molecule has 6 heteroatoms. The van der Waals surface area contributed by atoms with Gasteiger partial charge in [0.05, 0.1) is 6.61 Å². The lowest BCUT2D eigenvalue weighted by Gasteiger charge is -2.30. The average molecular weight is 404 g/mol. The first-order chi connectivity index (χ1) is 14.1. The van der Waals surface area contributed by atoms with Crippen LogP contribution in [0.1, 0.15) is 61.8 Å². The number of carbonyl (C=O) groups is 1. The second kappa shape index (κ2) is 10.4. The molecule has 1 aliphatic carbocycles.